The maximum Gasteiger partial charge on any atom is 0.410 e. The lowest BCUT2D eigenvalue weighted by Crippen LogP contribution is -2.41. The highest BCUT2D eigenvalue weighted by Crippen LogP contribution is 2.30. The number of nitrogens with zero attached hydrogens (tertiary/aromatic N) is 3. The number of carbonyl (C=O) groups is 1. The van der Waals surface area contributed by atoms with Gasteiger partial charge in [0, 0.05) is 24.7 Å². The molecule has 8 heteroatoms. The number of amides is 1. The molecule has 3 aromatic carbocycles. The van der Waals surface area contributed by atoms with E-state index in [9.17, 15) is 4.79 Å². The summed E-state index contributed by atoms with van der Waals surface area (Å²) < 4.78 is 20.3. The molecule has 1 aliphatic rings. The third kappa shape index (κ3) is 7.97. The molecular formula is C34H40ClN3O4. The van der Waals surface area contributed by atoms with Crippen molar-refractivity contribution in [3.05, 3.63) is 89.2 Å². The van der Waals surface area contributed by atoms with Crippen molar-refractivity contribution < 1.29 is 19.0 Å². The Morgan fingerprint density at radius 1 is 0.929 bits per heavy atom. The van der Waals surface area contributed by atoms with Gasteiger partial charge in [-0.15, -0.1) is 0 Å². The molecule has 0 radical (unpaired) electrons. The maximum absolute atomic E-state index is 12.5. The molecular weight excluding hydrogens is 550 g/mol. The molecule has 1 saturated heterocycles. The molecule has 7 nitrogen and oxygen atoms in total. The first-order valence-corrected chi connectivity index (χ1v) is 15.1. The Labute approximate surface area is 253 Å². The number of benzene rings is 3. The van der Waals surface area contributed by atoms with E-state index in [4.69, 9.17) is 30.8 Å². The van der Waals surface area contributed by atoms with Gasteiger partial charge in [-0.2, -0.15) is 0 Å². The molecule has 0 bridgehead atoms. The third-order valence-electron chi connectivity index (χ3n) is 7.49. The van der Waals surface area contributed by atoms with Crippen molar-refractivity contribution in [3.63, 3.8) is 0 Å². The normalized spacial score (nSPS) is 14.2. The summed E-state index contributed by atoms with van der Waals surface area (Å²) in [4.78, 5) is 19.3. The highest BCUT2D eigenvalue weighted by Gasteiger charge is 2.27. The van der Waals surface area contributed by atoms with Crippen LogP contribution >= 0.6 is 11.6 Å². The fraction of sp³-hybridized carbons (Fsp3) is 0.412. The number of hydrogen-bond acceptors (Lipinski definition) is 5. The molecule has 0 spiro atoms. The van der Waals surface area contributed by atoms with Crippen LogP contribution in [0.2, 0.25) is 5.02 Å². The van der Waals surface area contributed by atoms with Gasteiger partial charge in [0.15, 0.2) is 0 Å². The predicted octanol–water partition coefficient (Wildman–Crippen LogP) is 8.28. The Morgan fingerprint density at radius 3 is 2.38 bits per heavy atom. The maximum atomic E-state index is 12.5. The molecule has 1 aromatic heterocycles. The molecule has 2 heterocycles. The number of fused-ring (bicyclic) bond motifs is 1. The fourth-order valence-corrected chi connectivity index (χ4v) is 5.48. The van der Waals surface area contributed by atoms with E-state index in [0.717, 1.165) is 79.2 Å². The van der Waals surface area contributed by atoms with Crippen LogP contribution in [0.5, 0.6) is 11.5 Å². The molecule has 0 atom stereocenters. The summed E-state index contributed by atoms with van der Waals surface area (Å²) in [6.07, 6.45) is 3.83. The second kappa shape index (κ2) is 13.5. The van der Waals surface area contributed by atoms with Gasteiger partial charge in [-0.1, -0.05) is 48.0 Å². The average molecular weight is 590 g/mol. The zero-order valence-electron chi connectivity index (χ0n) is 24.7. The zero-order chi connectivity index (χ0) is 29.5. The molecule has 1 aliphatic heterocycles. The van der Waals surface area contributed by atoms with Gasteiger partial charge in [-0.25, -0.2) is 9.78 Å². The summed E-state index contributed by atoms with van der Waals surface area (Å²) in [6.45, 7) is 8.82. The second-order valence-electron chi connectivity index (χ2n) is 11.9. The van der Waals surface area contributed by atoms with Crippen LogP contribution in [-0.2, 0) is 24.5 Å². The van der Waals surface area contributed by atoms with E-state index in [1.807, 2.05) is 86.3 Å². The van der Waals surface area contributed by atoms with Crippen molar-refractivity contribution >= 4 is 28.7 Å². The van der Waals surface area contributed by atoms with E-state index in [1.54, 1.807) is 0 Å². The lowest BCUT2D eigenvalue weighted by atomic mass is 9.92. The molecule has 0 N–H and O–H groups in total. The number of likely N-dealkylation sites (tertiary alicyclic amines) is 1. The molecule has 222 valence electrons. The smallest absolute Gasteiger partial charge is 0.410 e. The van der Waals surface area contributed by atoms with Crippen LogP contribution in [0.15, 0.2) is 72.8 Å². The Morgan fingerprint density at radius 2 is 1.67 bits per heavy atom. The van der Waals surface area contributed by atoms with E-state index in [0.29, 0.717) is 24.2 Å². The van der Waals surface area contributed by atoms with Crippen LogP contribution in [0.25, 0.3) is 11.0 Å². The topological polar surface area (TPSA) is 65.8 Å². The number of carbonyl (C=O) groups excluding carboxylic acids is 1. The van der Waals surface area contributed by atoms with Gasteiger partial charge in [-0.3, -0.25) is 0 Å². The lowest BCUT2D eigenvalue weighted by Gasteiger charge is -2.33. The van der Waals surface area contributed by atoms with Gasteiger partial charge in [-0.05, 0) is 94.3 Å². The van der Waals surface area contributed by atoms with Gasteiger partial charge in [0.05, 0.1) is 5.52 Å². The molecule has 1 amide bonds. The molecule has 5 rings (SSSR count). The standard InChI is InChI=1S/C34H40ClN3O4/c1-34(2,3)42-33(39)37-21-18-25(19-22-37)11-8-20-38-31(24-40-28-16-14-27(35)15-17-28)36-29-12-7-13-30(32(29)38)41-23-26-9-5-4-6-10-26/h4-7,9-10,12-17,25H,8,11,18-24H2,1-3H3. The average Bonchev–Trinajstić information content (AvgIpc) is 3.33. The first-order valence-electron chi connectivity index (χ1n) is 14.8. The van der Waals surface area contributed by atoms with Crippen molar-refractivity contribution in [2.24, 2.45) is 5.92 Å². The van der Waals surface area contributed by atoms with Gasteiger partial charge in [0.1, 0.15) is 41.7 Å². The Kier molecular flexibility index (Phi) is 9.58. The van der Waals surface area contributed by atoms with Crippen molar-refractivity contribution in [2.75, 3.05) is 13.1 Å². The van der Waals surface area contributed by atoms with Gasteiger partial charge >= 0.3 is 6.09 Å². The van der Waals surface area contributed by atoms with Crippen LogP contribution in [-0.4, -0.2) is 39.2 Å². The Hall–Kier alpha value is -3.71. The first-order chi connectivity index (χ1) is 20.2. The van der Waals surface area contributed by atoms with E-state index in [-0.39, 0.29) is 6.09 Å². The molecule has 0 saturated carbocycles. The van der Waals surface area contributed by atoms with Crippen LogP contribution < -0.4 is 9.47 Å². The first kappa shape index (κ1) is 29.8. The number of aryl methyl sites for hydroxylation is 1. The number of halogens is 1. The monoisotopic (exact) mass is 589 g/mol. The number of piperidine rings is 1. The SMILES string of the molecule is CC(C)(C)OC(=O)N1CCC(CCCn2c(COc3ccc(Cl)cc3)nc3cccc(OCc4ccccc4)c32)CC1. The predicted molar refractivity (Wildman–Crippen MR) is 166 cm³/mol. The molecule has 42 heavy (non-hydrogen) atoms. The number of hydrogen-bond donors (Lipinski definition) is 0. The fourth-order valence-electron chi connectivity index (χ4n) is 5.35. The Balaban J connectivity index is 1.28. The minimum atomic E-state index is -0.472. The summed E-state index contributed by atoms with van der Waals surface area (Å²) >= 11 is 6.06. The van der Waals surface area contributed by atoms with Gasteiger partial charge in [0.25, 0.3) is 0 Å². The Bertz CT molecular complexity index is 1460. The number of aromatic nitrogens is 2. The summed E-state index contributed by atoms with van der Waals surface area (Å²) in [5.41, 5.74) is 2.52. The molecule has 0 unspecified atom stereocenters. The van der Waals surface area contributed by atoms with Crippen molar-refractivity contribution in [3.8, 4) is 11.5 Å². The summed E-state index contributed by atoms with van der Waals surface area (Å²) in [5.74, 6) is 2.99. The number of rotatable bonds is 10. The summed E-state index contributed by atoms with van der Waals surface area (Å²) in [5, 5.41) is 0.673. The quantitative estimate of drug-likeness (QED) is 0.186. The van der Waals surface area contributed by atoms with Crippen LogP contribution in [0, 0.1) is 5.92 Å². The minimum absolute atomic E-state index is 0.209. The molecule has 4 aromatic rings. The highest BCUT2D eigenvalue weighted by atomic mass is 35.5. The lowest BCUT2D eigenvalue weighted by molar-refractivity contribution is 0.0180. The highest BCUT2D eigenvalue weighted by molar-refractivity contribution is 6.30. The van der Waals surface area contributed by atoms with Crippen LogP contribution in [0.4, 0.5) is 4.79 Å². The van der Waals surface area contributed by atoms with Crippen LogP contribution in [0.1, 0.15) is 57.8 Å². The zero-order valence-corrected chi connectivity index (χ0v) is 25.5. The largest absolute Gasteiger partial charge is 0.487 e. The van der Waals surface area contributed by atoms with Crippen LogP contribution in [0.3, 0.4) is 0 Å². The third-order valence-corrected chi connectivity index (χ3v) is 7.74. The van der Waals surface area contributed by atoms with E-state index < -0.39 is 5.60 Å². The minimum Gasteiger partial charge on any atom is -0.487 e. The van der Waals surface area contributed by atoms with E-state index in [1.165, 1.54) is 0 Å². The van der Waals surface area contributed by atoms with Gasteiger partial charge < -0.3 is 23.7 Å². The van der Waals surface area contributed by atoms with Crippen molar-refractivity contribution in [2.45, 2.75) is 71.8 Å². The number of ether oxygens (including phenoxy) is 3. The second-order valence-corrected chi connectivity index (χ2v) is 12.3. The summed E-state index contributed by atoms with van der Waals surface area (Å²) in [7, 11) is 0. The molecule has 1 fully saturated rings. The van der Waals surface area contributed by atoms with E-state index >= 15 is 0 Å². The number of para-hydroxylation sites is 1. The van der Waals surface area contributed by atoms with E-state index in [2.05, 4.69) is 16.7 Å². The summed E-state index contributed by atoms with van der Waals surface area (Å²) in [6, 6.07) is 23.6. The van der Waals surface area contributed by atoms with Crippen molar-refractivity contribution in [1.82, 2.24) is 14.5 Å². The number of imidazole rings is 1. The van der Waals surface area contributed by atoms with Crippen molar-refractivity contribution in [1.29, 1.82) is 0 Å². The van der Waals surface area contributed by atoms with Gasteiger partial charge in [0.2, 0.25) is 0 Å². The molecule has 0 aliphatic carbocycles.